The molecule has 1 atom stereocenters. The van der Waals surface area contributed by atoms with Crippen molar-refractivity contribution in [2.75, 3.05) is 11.9 Å². The zero-order valence-corrected chi connectivity index (χ0v) is 13.5. The van der Waals surface area contributed by atoms with Crippen molar-refractivity contribution in [3.8, 4) is 0 Å². The summed E-state index contributed by atoms with van der Waals surface area (Å²) >= 11 is 1.57. The van der Waals surface area contributed by atoms with Crippen LogP contribution in [0.5, 0.6) is 0 Å². The van der Waals surface area contributed by atoms with Crippen molar-refractivity contribution in [1.82, 2.24) is 10.3 Å². The van der Waals surface area contributed by atoms with Gasteiger partial charge in [0.1, 0.15) is 5.01 Å². The van der Waals surface area contributed by atoms with E-state index in [0.717, 1.165) is 29.2 Å². The van der Waals surface area contributed by atoms with E-state index >= 15 is 0 Å². The minimum absolute atomic E-state index is 0.0347. The number of hydrogen-bond acceptors (Lipinski definition) is 4. The second kappa shape index (κ2) is 7.22. The van der Waals surface area contributed by atoms with Gasteiger partial charge in [-0.2, -0.15) is 0 Å². The Morgan fingerprint density at radius 2 is 2.19 bits per heavy atom. The Labute approximate surface area is 129 Å². The molecule has 0 saturated carbocycles. The summed E-state index contributed by atoms with van der Waals surface area (Å²) in [6, 6.07) is 5.85. The minimum atomic E-state index is -0.0586. The zero-order valence-electron chi connectivity index (χ0n) is 12.6. The molecule has 0 aliphatic heterocycles. The highest BCUT2D eigenvalue weighted by Gasteiger charge is 2.18. The summed E-state index contributed by atoms with van der Waals surface area (Å²) < 4.78 is 0. The van der Waals surface area contributed by atoms with Crippen molar-refractivity contribution in [1.29, 1.82) is 0 Å². The molecule has 4 nitrogen and oxygen atoms in total. The number of carbonyl (C=O) groups is 1. The SMILES string of the molecule is CCNc1ccc(C)cc1C(=O)NC(CC)c1nccs1. The fourth-order valence-electron chi connectivity index (χ4n) is 2.17. The lowest BCUT2D eigenvalue weighted by Gasteiger charge is -2.17. The van der Waals surface area contributed by atoms with E-state index in [1.807, 2.05) is 44.4 Å². The monoisotopic (exact) mass is 303 g/mol. The number of carbonyl (C=O) groups excluding carboxylic acids is 1. The molecule has 1 heterocycles. The van der Waals surface area contributed by atoms with Gasteiger partial charge in [0, 0.05) is 23.8 Å². The van der Waals surface area contributed by atoms with Gasteiger partial charge in [0.2, 0.25) is 0 Å². The molecule has 21 heavy (non-hydrogen) atoms. The molecule has 112 valence electrons. The van der Waals surface area contributed by atoms with E-state index in [-0.39, 0.29) is 11.9 Å². The molecule has 0 fully saturated rings. The van der Waals surface area contributed by atoms with E-state index in [1.165, 1.54) is 0 Å². The molecular weight excluding hydrogens is 282 g/mol. The summed E-state index contributed by atoms with van der Waals surface area (Å²) in [5.41, 5.74) is 2.63. The van der Waals surface area contributed by atoms with Crippen LogP contribution in [0, 0.1) is 6.92 Å². The number of hydrogen-bond donors (Lipinski definition) is 2. The predicted molar refractivity (Wildman–Crippen MR) is 88.0 cm³/mol. The molecule has 5 heteroatoms. The van der Waals surface area contributed by atoms with Gasteiger partial charge in [-0.15, -0.1) is 11.3 Å². The third kappa shape index (κ3) is 3.82. The van der Waals surface area contributed by atoms with Gasteiger partial charge in [0.15, 0.2) is 0 Å². The Hall–Kier alpha value is -1.88. The molecule has 2 rings (SSSR count). The number of amides is 1. The van der Waals surface area contributed by atoms with Crippen LogP contribution < -0.4 is 10.6 Å². The van der Waals surface area contributed by atoms with Crippen LogP contribution in [0.15, 0.2) is 29.8 Å². The molecule has 0 aliphatic rings. The first-order valence-corrected chi connectivity index (χ1v) is 8.08. The summed E-state index contributed by atoms with van der Waals surface area (Å²) in [6.07, 6.45) is 2.59. The van der Waals surface area contributed by atoms with Gasteiger partial charge < -0.3 is 10.6 Å². The molecule has 1 aromatic carbocycles. The van der Waals surface area contributed by atoms with Gasteiger partial charge in [-0.05, 0) is 32.4 Å². The van der Waals surface area contributed by atoms with Gasteiger partial charge in [0.05, 0.1) is 11.6 Å². The molecule has 1 unspecified atom stereocenters. The number of benzene rings is 1. The van der Waals surface area contributed by atoms with Gasteiger partial charge in [-0.25, -0.2) is 4.98 Å². The lowest BCUT2D eigenvalue weighted by molar-refractivity contribution is 0.0936. The molecular formula is C16H21N3OS. The van der Waals surface area contributed by atoms with Gasteiger partial charge in [0.25, 0.3) is 5.91 Å². The lowest BCUT2D eigenvalue weighted by atomic mass is 10.1. The van der Waals surface area contributed by atoms with E-state index in [1.54, 1.807) is 17.5 Å². The largest absolute Gasteiger partial charge is 0.385 e. The molecule has 0 radical (unpaired) electrons. The molecule has 1 amide bonds. The number of nitrogens with one attached hydrogen (secondary N) is 2. The highest BCUT2D eigenvalue weighted by Crippen LogP contribution is 2.22. The predicted octanol–water partition coefficient (Wildman–Crippen LogP) is 3.76. The van der Waals surface area contributed by atoms with Crippen molar-refractivity contribution in [3.63, 3.8) is 0 Å². The van der Waals surface area contributed by atoms with Crippen LogP contribution in [0.1, 0.15) is 47.2 Å². The fourth-order valence-corrected chi connectivity index (χ4v) is 2.94. The van der Waals surface area contributed by atoms with Crippen LogP contribution in [0.2, 0.25) is 0 Å². The summed E-state index contributed by atoms with van der Waals surface area (Å²) in [4.78, 5) is 16.9. The molecule has 0 bridgehead atoms. The van der Waals surface area contributed by atoms with Crippen molar-refractivity contribution < 1.29 is 4.79 Å². The smallest absolute Gasteiger partial charge is 0.253 e. The molecule has 0 aliphatic carbocycles. The van der Waals surface area contributed by atoms with Crippen LogP contribution in [0.4, 0.5) is 5.69 Å². The average molecular weight is 303 g/mol. The van der Waals surface area contributed by atoms with E-state index in [4.69, 9.17) is 0 Å². The van der Waals surface area contributed by atoms with Crippen LogP contribution in [-0.2, 0) is 0 Å². The van der Waals surface area contributed by atoms with E-state index in [2.05, 4.69) is 15.6 Å². The third-order valence-electron chi connectivity index (χ3n) is 3.25. The van der Waals surface area contributed by atoms with Crippen LogP contribution in [-0.4, -0.2) is 17.4 Å². The number of aromatic nitrogens is 1. The third-order valence-corrected chi connectivity index (χ3v) is 4.14. The Bertz CT molecular complexity index is 596. The summed E-state index contributed by atoms with van der Waals surface area (Å²) in [5, 5.41) is 9.20. The number of aryl methyl sites for hydroxylation is 1. The lowest BCUT2D eigenvalue weighted by Crippen LogP contribution is -2.28. The normalized spacial score (nSPS) is 12.0. The summed E-state index contributed by atoms with van der Waals surface area (Å²) in [7, 11) is 0. The molecule has 2 N–H and O–H groups in total. The number of thiazole rings is 1. The maximum atomic E-state index is 12.6. The highest BCUT2D eigenvalue weighted by atomic mass is 32.1. The van der Waals surface area contributed by atoms with Crippen molar-refractivity contribution in [2.24, 2.45) is 0 Å². The highest BCUT2D eigenvalue weighted by molar-refractivity contribution is 7.09. The van der Waals surface area contributed by atoms with E-state index in [0.29, 0.717) is 5.56 Å². The summed E-state index contributed by atoms with van der Waals surface area (Å²) in [5.74, 6) is -0.0586. The van der Waals surface area contributed by atoms with Gasteiger partial charge in [-0.3, -0.25) is 4.79 Å². The van der Waals surface area contributed by atoms with E-state index < -0.39 is 0 Å². The zero-order chi connectivity index (χ0) is 15.2. The van der Waals surface area contributed by atoms with Crippen molar-refractivity contribution in [3.05, 3.63) is 45.9 Å². The molecule has 0 spiro atoms. The molecule has 1 aromatic heterocycles. The number of nitrogens with zero attached hydrogens (tertiary/aromatic N) is 1. The fraction of sp³-hybridized carbons (Fsp3) is 0.375. The average Bonchev–Trinajstić information content (AvgIpc) is 3.00. The number of anilines is 1. The van der Waals surface area contributed by atoms with Crippen molar-refractivity contribution >= 4 is 22.9 Å². The number of rotatable bonds is 6. The Balaban J connectivity index is 2.21. The molecule has 2 aromatic rings. The Kier molecular flexibility index (Phi) is 5.33. The first-order chi connectivity index (χ1) is 10.2. The van der Waals surface area contributed by atoms with Crippen LogP contribution in [0.3, 0.4) is 0 Å². The minimum Gasteiger partial charge on any atom is -0.385 e. The first kappa shape index (κ1) is 15.5. The second-order valence-electron chi connectivity index (χ2n) is 4.88. The quantitative estimate of drug-likeness (QED) is 0.854. The maximum Gasteiger partial charge on any atom is 0.253 e. The Morgan fingerprint density at radius 1 is 1.38 bits per heavy atom. The van der Waals surface area contributed by atoms with Crippen molar-refractivity contribution in [2.45, 2.75) is 33.2 Å². The Morgan fingerprint density at radius 3 is 2.81 bits per heavy atom. The standard InChI is InChI=1S/C16H21N3OS/c1-4-13(16-18-8-9-21-16)19-15(20)12-10-11(3)6-7-14(12)17-5-2/h6-10,13,17H,4-5H2,1-3H3,(H,19,20). The maximum absolute atomic E-state index is 12.6. The summed E-state index contributed by atoms with van der Waals surface area (Å²) in [6.45, 7) is 6.84. The van der Waals surface area contributed by atoms with Crippen LogP contribution in [0.25, 0.3) is 0 Å². The van der Waals surface area contributed by atoms with E-state index in [9.17, 15) is 4.79 Å². The first-order valence-electron chi connectivity index (χ1n) is 7.20. The molecule has 0 saturated heterocycles. The van der Waals surface area contributed by atoms with Crippen LogP contribution >= 0.6 is 11.3 Å². The second-order valence-corrected chi connectivity index (χ2v) is 5.81. The topological polar surface area (TPSA) is 54.0 Å². The van der Waals surface area contributed by atoms with Gasteiger partial charge in [-0.1, -0.05) is 18.6 Å². The van der Waals surface area contributed by atoms with Gasteiger partial charge >= 0.3 is 0 Å².